The molecule has 22 heavy (non-hydrogen) atoms. The molecule has 3 atom stereocenters. The summed E-state index contributed by atoms with van der Waals surface area (Å²) >= 11 is 0. The lowest BCUT2D eigenvalue weighted by atomic mass is 9.76. The second kappa shape index (κ2) is 9.30. The lowest BCUT2D eigenvalue weighted by Gasteiger charge is -2.38. The molecule has 0 spiro atoms. The molecule has 0 aromatic carbocycles. The number of nitrogens with one attached hydrogen (secondary N) is 1. The number of unbranched alkanes of at least 4 members (excludes halogenated alkanes) is 5. The first-order valence-electron chi connectivity index (χ1n) is 10.4. The van der Waals surface area contributed by atoms with E-state index < -0.39 is 0 Å². The van der Waals surface area contributed by atoms with Crippen LogP contribution in [0.2, 0.25) is 0 Å². The number of hydrogen-bond donors (Lipinski definition) is 1. The van der Waals surface area contributed by atoms with Crippen LogP contribution in [-0.4, -0.2) is 12.1 Å². The van der Waals surface area contributed by atoms with Gasteiger partial charge in [0.25, 0.3) is 0 Å². The van der Waals surface area contributed by atoms with E-state index in [1.54, 1.807) is 0 Å². The van der Waals surface area contributed by atoms with Crippen LogP contribution >= 0.6 is 0 Å². The monoisotopic (exact) mass is 307 g/mol. The van der Waals surface area contributed by atoms with Crippen LogP contribution in [0.5, 0.6) is 0 Å². The highest BCUT2D eigenvalue weighted by molar-refractivity contribution is 4.94. The van der Waals surface area contributed by atoms with E-state index in [9.17, 15) is 0 Å². The minimum atomic E-state index is 0.737. The fourth-order valence-electron chi connectivity index (χ4n) is 4.57. The summed E-state index contributed by atoms with van der Waals surface area (Å²) in [5.41, 5.74) is 0. The minimum absolute atomic E-state index is 0.737. The Morgan fingerprint density at radius 1 is 0.909 bits per heavy atom. The van der Waals surface area contributed by atoms with Gasteiger partial charge in [-0.1, -0.05) is 59.3 Å². The Morgan fingerprint density at radius 2 is 1.59 bits per heavy atom. The Morgan fingerprint density at radius 3 is 2.23 bits per heavy atom. The van der Waals surface area contributed by atoms with E-state index in [0.29, 0.717) is 0 Å². The van der Waals surface area contributed by atoms with Crippen molar-refractivity contribution < 1.29 is 0 Å². The van der Waals surface area contributed by atoms with Crippen molar-refractivity contribution in [1.82, 2.24) is 5.32 Å². The van der Waals surface area contributed by atoms with E-state index in [2.05, 4.69) is 33.0 Å². The molecule has 0 bridgehead atoms. The maximum absolute atomic E-state index is 3.88. The molecule has 2 saturated carbocycles. The minimum Gasteiger partial charge on any atom is -0.311 e. The molecule has 2 aliphatic rings. The fourth-order valence-corrected chi connectivity index (χ4v) is 4.57. The van der Waals surface area contributed by atoms with Gasteiger partial charge in [0.2, 0.25) is 0 Å². The molecule has 0 heterocycles. The summed E-state index contributed by atoms with van der Waals surface area (Å²) in [5.74, 6) is 4.13. The zero-order valence-electron chi connectivity index (χ0n) is 15.7. The van der Waals surface area contributed by atoms with E-state index in [0.717, 1.165) is 35.8 Å². The molecule has 2 fully saturated rings. The third-order valence-electron chi connectivity index (χ3n) is 6.22. The zero-order valence-corrected chi connectivity index (χ0v) is 15.7. The van der Waals surface area contributed by atoms with Crippen LogP contribution in [0.1, 0.15) is 98.3 Å². The maximum Gasteiger partial charge on any atom is 0.00748 e. The molecule has 3 unspecified atom stereocenters. The van der Waals surface area contributed by atoms with Gasteiger partial charge in [-0.2, -0.15) is 0 Å². The topological polar surface area (TPSA) is 12.0 Å². The van der Waals surface area contributed by atoms with Crippen LogP contribution in [0.15, 0.2) is 0 Å². The first kappa shape index (κ1) is 18.3. The first-order valence-corrected chi connectivity index (χ1v) is 10.4. The summed E-state index contributed by atoms with van der Waals surface area (Å²) in [6, 6.07) is 1.58. The highest BCUT2D eigenvalue weighted by Gasteiger charge is 2.42. The summed E-state index contributed by atoms with van der Waals surface area (Å²) < 4.78 is 0. The molecule has 0 radical (unpaired) electrons. The van der Waals surface area contributed by atoms with Crippen LogP contribution in [0.3, 0.4) is 0 Å². The van der Waals surface area contributed by atoms with Gasteiger partial charge in [-0.3, -0.25) is 0 Å². The molecule has 0 aromatic heterocycles. The lowest BCUT2D eigenvalue weighted by molar-refractivity contribution is 0.184. The molecule has 0 saturated heterocycles. The molecular formula is C21H41N. The van der Waals surface area contributed by atoms with Crippen LogP contribution < -0.4 is 5.32 Å². The van der Waals surface area contributed by atoms with Crippen molar-refractivity contribution in [1.29, 1.82) is 0 Å². The number of hydrogen-bond acceptors (Lipinski definition) is 1. The largest absolute Gasteiger partial charge is 0.311 e. The standard InChI is InChI=1S/C21H41N/c1-5-6-7-8-9-10-11-17(4)22-20-13-18(14-20)12-19-15-21(19)16(2)3/h16-22H,5-15H2,1-4H3. The predicted molar refractivity (Wildman–Crippen MR) is 98.2 cm³/mol. The van der Waals surface area contributed by atoms with Crippen molar-refractivity contribution >= 4 is 0 Å². The zero-order chi connectivity index (χ0) is 15.9. The van der Waals surface area contributed by atoms with E-state index in [1.807, 2.05) is 0 Å². The van der Waals surface area contributed by atoms with E-state index in [4.69, 9.17) is 0 Å². The number of rotatable bonds is 12. The van der Waals surface area contributed by atoms with Crippen LogP contribution in [-0.2, 0) is 0 Å². The second-order valence-corrected chi connectivity index (χ2v) is 8.80. The Bertz CT molecular complexity index is 292. The molecule has 2 rings (SSSR count). The van der Waals surface area contributed by atoms with Crippen LogP contribution in [0, 0.1) is 23.7 Å². The summed E-state index contributed by atoms with van der Waals surface area (Å²) in [6.45, 7) is 9.50. The quantitative estimate of drug-likeness (QED) is 0.425. The van der Waals surface area contributed by atoms with Crippen molar-refractivity contribution in [3.8, 4) is 0 Å². The Balaban J connectivity index is 1.42. The van der Waals surface area contributed by atoms with Gasteiger partial charge in [0.15, 0.2) is 0 Å². The first-order chi connectivity index (χ1) is 10.6. The van der Waals surface area contributed by atoms with E-state index in [1.165, 1.54) is 70.6 Å². The average Bonchev–Trinajstić information content (AvgIpc) is 3.20. The molecule has 1 nitrogen and oxygen atoms in total. The normalized spacial score (nSPS) is 32.0. The van der Waals surface area contributed by atoms with Gasteiger partial charge in [-0.15, -0.1) is 0 Å². The highest BCUT2D eigenvalue weighted by atomic mass is 15.0. The third-order valence-corrected chi connectivity index (χ3v) is 6.22. The van der Waals surface area contributed by atoms with Crippen LogP contribution in [0.4, 0.5) is 0 Å². The van der Waals surface area contributed by atoms with Gasteiger partial charge in [0.1, 0.15) is 0 Å². The molecular weight excluding hydrogens is 266 g/mol. The summed E-state index contributed by atoms with van der Waals surface area (Å²) in [4.78, 5) is 0. The van der Waals surface area contributed by atoms with Crippen molar-refractivity contribution in [3.05, 3.63) is 0 Å². The molecule has 0 aliphatic heterocycles. The molecule has 0 aromatic rings. The van der Waals surface area contributed by atoms with Crippen molar-refractivity contribution in [3.63, 3.8) is 0 Å². The summed E-state index contributed by atoms with van der Waals surface area (Å²) in [5, 5.41) is 3.88. The Kier molecular flexibility index (Phi) is 7.74. The SMILES string of the molecule is CCCCCCCCC(C)NC1CC(CC2CC2C(C)C)C1. The average molecular weight is 308 g/mol. The highest BCUT2D eigenvalue weighted by Crippen LogP contribution is 2.50. The van der Waals surface area contributed by atoms with Crippen molar-refractivity contribution in [2.45, 2.75) is 110 Å². The second-order valence-electron chi connectivity index (χ2n) is 8.80. The molecule has 1 heteroatoms. The van der Waals surface area contributed by atoms with E-state index >= 15 is 0 Å². The molecule has 1 N–H and O–H groups in total. The molecule has 130 valence electrons. The van der Waals surface area contributed by atoms with Crippen LogP contribution in [0.25, 0.3) is 0 Å². The third kappa shape index (κ3) is 6.22. The summed E-state index contributed by atoms with van der Waals surface area (Å²) in [7, 11) is 0. The molecule has 0 amide bonds. The van der Waals surface area contributed by atoms with Crippen molar-refractivity contribution in [2.75, 3.05) is 0 Å². The van der Waals surface area contributed by atoms with Gasteiger partial charge in [0.05, 0.1) is 0 Å². The smallest absolute Gasteiger partial charge is 0.00748 e. The lowest BCUT2D eigenvalue weighted by Crippen LogP contribution is -2.45. The Labute approximate surface area is 140 Å². The fraction of sp³-hybridized carbons (Fsp3) is 1.00. The van der Waals surface area contributed by atoms with Gasteiger partial charge in [-0.25, -0.2) is 0 Å². The van der Waals surface area contributed by atoms with E-state index in [-0.39, 0.29) is 0 Å². The summed E-state index contributed by atoms with van der Waals surface area (Å²) in [6.07, 6.45) is 15.9. The van der Waals surface area contributed by atoms with Gasteiger partial charge in [0, 0.05) is 12.1 Å². The predicted octanol–water partition coefficient (Wildman–Crippen LogP) is 6.18. The Hall–Kier alpha value is -0.0400. The van der Waals surface area contributed by atoms with Crippen molar-refractivity contribution in [2.24, 2.45) is 23.7 Å². The van der Waals surface area contributed by atoms with Gasteiger partial charge >= 0.3 is 0 Å². The van der Waals surface area contributed by atoms with Gasteiger partial charge < -0.3 is 5.32 Å². The van der Waals surface area contributed by atoms with Gasteiger partial charge in [-0.05, 0) is 62.7 Å². The maximum atomic E-state index is 3.88. The molecule has 2 aliphatic carbocycles.